The first-order chi connectivity index (χ1) is 11.2. The minimum absolute atomic E-state index is 0.0428. The minimum Gasteiger partial charge on any atom is -0.458 e. The van der Waals surface area contributed by atoms with Crippen molar-refractivity contribution in [1.82, 2.24) is 0 Å². The average Bonchev–Trinajstić information content (AvgIpc) is 2.39. The van der Waals surface area contributed by atoms with Gasteiger partial charge in [-0.15, -0.1) is 0 Å². The van der Waals surface area contributed by atoms with E-state index in [0.29, 0.717) is 11.8 Å². The summed E-state index contributed by atoms with van der Waals surface area (Å²) < 4.78 is 6.44. The third kappa shape index (κ3) is 2.51. The van der Waals surface area contributed by atoms with E-state index in [-0.39, 0.29) is 34.4 Å². The van der Waals surface area contributed by atoms with Crippen molar-refractivity contribution in [3.63, 3.8) is 0 Å². The lowest BCUT2D eigenvalue weighted by molar-refractivity contribution is -0.290. The Balaban J connectivity index is 1.89. The SMILES string of the molecule is CC1(CO)CC2CC3CC(OC(=O)C(C)(C(C)(C)C)C(C)(C)C)(C1)C23. The molecule has 0 aromatic heterocycles. The lowest BCUT2D eigenvalue weighted by Crippen LogP contribution is -2.71. The number of rotatable bonds is 3. The summed E-state index contributed by atoms with van der Waals surface area (Å²) in [6, 6.07) is 0. The zero-order valence-electron chi connectivity index (χ0n) is 17.5. The Labute approximate surface area is 153 Å². The standard InChI is InChI=1S/C22H38O3/c1-18(2,3)21(8,19(4,5)6)17(24)25-22-11-15-9-14(16(15)22)10-20(7,12-22)13-23/h14-16,23H,9-13H2,1-8H3. The number of ether oxygens (including phenoxy) is 1. The van der Waals surface area contributed by atoms with E-state index in [1.807, 2.05) is 0 Å². The van der Waals surface area contributed by atoms with Crippen molar-refractivity contribution in [3.8, 4) is 0 Å². The fourth-order valence-corrected chi connectivity index (χ4v) is 6.48. The first kappa shape index (κ1) is 19.2. The molecule has 0 aromatic carbocycles. The highest BCUT2D eigenvalue weighted by Crippen LogP contribution is 2.70. The van der Waals surface area contributed by atoms with Crippen LogP contribution in [0.4, 0.5) is 0 Å². The molecule has 1 N–H and O–H groups in total. The average molecular weight is 351 g/mol. The molecule has 144 valence electrons. The monoisotopic (exact) mass is 350 g/mol. The normalized spacial score (nSPS) is 40.6. The van der Waals surface area contributed by atoms with E-state index in [0.717, 1.165) is 25.2 Å². The Morgan fingerprint density at radius 3 is 2.00 bits per heavy atom. The Bertz CT molecular complexity index is 553. The fourth-order valence-electron chi connectivity index (χ4n) is 6.48. The summed E-state index contributed by atoms with van der Waals surface area (Å²) in [7, 11) is 0. The highest BCUT2D eigenvalue weighted by atomic mass is 16.6. The maximum Gasteiger partial charge on any atom is 0.313 e. The molecule has 5 atom stereocenters. The van der Waals surface area contributed by atoms with Gasteiger partial charge in [-0.05, 0) is 60.7 Å². The van der Waals surface area contributed by atoms with Gasteiger partial charge in [0, 0.05) is 12.5 Å². The Morgan fingerprint density at radius 1 is 1.04 bits per heavy atom. The number of hydrogen-bond donors (Lipinski definition) is 1. The van der Waals surface area contributed by atoms with Crippen LogP contribution in [0, 0.1) is 39.4 Å². The fraction of sp³-hybridized carbons (Fsp3) is 0.955. The van der Waals surface area contributed by atoms with Gasteiger partial charge in [-0.25, -0.2) is 0 Å². The van der Waals surface area contributed by atoms with Gasteiger partial charge in [-0.3, -0.25) is 4.79 Å². The lowest BCUT2D eigenvalue weighted by Gasteiger charge is -2.70. The van der Waals surface area contributed by atoms with Crippen molar-refractivity contribution in [2.45, 2.75) is 86.7 Å². The topological polar surface area (TPSA) is 46.5 Å². The van der Waals surface area contributed by atoms with E-state index >= 15 is 0 Å². The van der Waals surface area contributed by atoms with E-state index in [4.69, 9.17) is 4.74 Å². The van der Waals surface area contributed by atoms with Crippen molar-refractivity contribution < 1.29 is 14.6 Å². The van der Waals surface area contributed by atoms with Crippen molar-refractivity contribution in [3.05, 3.63) is 0 Å². The van der Waals surface area contributed by atoms with E-state index in [2.05, 4.69) is 55.4 Å². The number of aliphatic hydroxyl groups excluding tert-OH is 1. The zero-order chi connectivity index (χ0) is 19.1. The number of esters is 1. The predicted octanol–water partition coefficient (Wildman–Crippen LogP) is 4.82. The molecule has 0 amide bonds. The molecule has 0 spiro atoms. The molecule has 3 aliphatic carbocycles. The molecule has 5 unspecified atom stereocenters. The summed E-state index contributed by atoms with van der Waals surface area (Å²) in [4.78, 5) is 13.5. The van der Waals surface area contributed by atoms with Crippen LogP contribution in [0.2, 0.25) is 0 Å². The highest BCUT2D eigenvalue weighted by Gasteiger charge is 2.71. The van der Waals surface area contributed by atoms with E-state index in [1.54, 1.807) is 0 Å². The van der Waals surface area contributed by atoms with Gasteiger partial charge in [0.25, 0.3) is 0 Å². The minimum atomic E-state index is -0.563. The molecule has 3 rings (SSSR count). The summed E-state index contributed by atoms with van der Waals surface area (Å²) >= 11 is 0. The molecule has 3 nitrogen and oxygen atoms in total. The lowest BCUT2D eigenvalue weighted by atomic mass is 9.38. The molecule has 0 heterocycles. The maximum absolute atomic E-state index is 13.5. The van der Waals surface area contributed by atoms with Crippen molar-refractivity contribution >= 4 is 5.97 Å². The summed E-state index contributed by atoms with van der Waals surface area (Å²) in [5.41, 5.74) is -1.36. The molecule has 3 heteroatoms. The van der Waals surface area contributed by atoms with Gasteiger partial charge in [0.05, 0.1) is 5.41 Å². The van der Waals surface area contributed by atoms with Gasteiger partial charge in [0.2, 0.25) is 0 Å². The van der Waals surface area contributed by atoms with Crippen LogP contribution in [0.3, 0.4) is 0 Å². The van der Waals surface area contributed by atoms with Crippen LogP contribution in [-0.4, -0.2) is 23.3 Å². The molecule has 3 aliphatic rings. The number of hydrogen-bond acceptors (Lipinski definition) is 3. The van der Waals surface area contributed by atoms with Crippen LogP contribution >= 0.6 is 0 Å². The van der Waals surface area contributed by atoms with E-state index in [1.165, 1.54) is 6.42 Å². The van der Waals surface area contributed by atoms with Gasteiger partial charge >= 0.3 is 5.97 Å². The number of carbonyl (C=O) groups excluding carboxylic acids is 1. The van der Waals surface area contributed by atoms with E-state index in [9.17, 15) is 9.90 Å². The number of carbonyl (C=O) groups is 1. The summed E-state index contributed by atoms with van der Waals surface area (Å²) in [6.07, 6.45) is 4.17. The maximum atomic E-state index is 13.5. The second kappa shape index (κ2) is 5.24. The quantitative estimate of drug-likeness (QED) is 0.743. The second-order valence-corrected chi connectivity index (χ2v) is 11.9. The first-order valence-electron chi connectivity index (χ1n) is 10.0. The molecule has 0 aliphatic heterocycles. The summed E-state index contributed by atoms with van der Waals surface area (Å²) in [5.74, 6) is 1.88. The van der Waals surface area contributed by atoms with E-state index < -0.39 is 5.41 Å². The molecular formula is C22H38O3. The van der Waals surface area contributed by atoms with Gasteiger partial charge in [0.15, 0.2) is 0 Å². The van der Waals surface area contributed by atoms with Crippen molar-refractivity contribution in [2.24, 2.45) is 39.4 Å². The second-order valence-electron chi connectivity index (χ2n) is 11.9. The first-order valence-corrected chi connectivity index (χ1v) is 10.0. The van der Waals surface area contributed by atoms with Gasteiger partial charge in [0.1, 0.15) is 5.60 Å². The third-order valence-corrected chi connectivity index (χ3v) is 8.40. The Kier molecular flexibility index (Phi) is 4.02. The van der Waals surface area contributed by atoms with Crippen LogP contribution in [0.15, 0.2) is 0 Å². The predicted molar refractivity (Wildman–Crippen MR) is 100.0 cm³/mol. The molecule has 0 bridgehead atoms. The largest absolute Gasteiger partial charge is 0.458 e. The smallest absolute Gasteiger partial charge is 0.313 e. The van der Waals surface area contributed by atoms with Gasteiger partial charge in [-0.1, -0.05) is 48.5 Å². The molecule has 0 radical (unpaired) electrons. The number of aliphatic hydroxyl groups is 1. The van der Waals surface area contributed by atoms with Crippen LogP contribution in [0.25, 0.3) is 0 Å². The molecule has 25 heavy (non-hydrogen) atoms. The van der Waals surface area contributed by atoms with Gasteiger partial charge in [-0.2, -0.15) is 0 Å². The zero-order valence-corrected chi connectivity index (χ0v) is 17.5. The third-order valence-electron chi connectivity index (χ3n) is 8.40. The van der Waals surface area contributed by atoms with Crippen molar-refractivity contribution in [1.29, 1.82) is 0 Å². The summed E-state index contributed by atoms with van der Waals surface area (Å²) in [5, 5.41) is 9.94. The van der Waals surface area contributed by atoms with Crippen LogP contribution in [0.5, 0.6) is 0 Å². The van der Waals surface area contributed by atoms with Crippen molar-refractivity contribution in [2.75, 3.05) is 6.61 Å². The highest BCUT2D eigenvalue weighted by molar-refractivity contribution is 5.79. The Morgan fingerprint density at radius 2 is 1.56 bits per heavy atom. The molecular weight excluding hydrogens is 312 g/mol. The molecule has 0 aromatic rings. The Hall–Kier alpha value is -0.570. The summed E-state index contributed by atoms with van der Waals surface area (Å²) in [6.45, 7) is 17.3. The van der Waals surface area contributed by atoms with Crippen LogP contribution < -0.4 is 0 Å². The molecule has 3 fully saturated rings. The van der Waals surface area contributed by atoms with Gasteiger partial charge < -0.3 is 9.84 Å². The molecule has 3 saturated carbocycles. The van der Waals surface area contributed by atoms with Crippen LogP contribution in [-0.2, 0) is 9.53 Å². The van der Waals surface area contributed by atoms with Crippen LogP contribution in [0.1, 0.15) is 81.1 Å². The molecule has 0 saturated heterocycles.